The van der Waals surface area contributed by atoms with Crippen LogP contribution in [0.4, 0.5) is 21.8 Å². The van der Waals surface area contributed by atoms with E-state index >= 15 is 4.39 Å². The second-order valence-corrected chi connectivity index (χ2v) is 10.7. The maximum absolute atomic E-state index is 15.2. The Kier molecular flexibility index (Phi) is 6.39. The van der Waals surface area contributed by atoms with E-state index < -0.39 is 5.82 Å². The zero-order valence-corrected chi connectivity index (χ0v) is 21.5. The summed E-state index contributed by atoms with van der Waals surface area (Å²) >= 11 is 0. The van der Waals surface area contributed by atoms with Crippen LogP contribution in [0.5, 0.6) is 0 Å². The molecule has 10 nitrogen and oxygen atoms in total. The number of halogens is 1. The fraction of sp³-hybridized carbons (Fsp3) is 0.577. The highest BCUT2D eigenvalue weighted by atomic mass is 19.1. The lowest BCUT2D eigenvalue weighted by Crippen LogP contribution is -2.49. The highest BCUT2D eigenvalue weighted by Gasteiger charge is 2.33. The Labute approximate surface area is 215 Å². The molecule has 3 aliphatic rings. The highest BCUT2D eigenvalue weighted by Crippen LogP contribution is 2.44. The molecule has 3 aromatic rings. The first kappa shape index (κ1) is 24.0. The smallest absolute Gasteiger partial charge is 0.368 e. The van der Waals surface area contributed by atoms with Crippen LogP contribution in [0.3, 0.4) is 0 Å². The van der Waals surface area contributed by atoms with Gasteiger partial charge in [-0.2, -0.15) is 14.3 Å². The molecule has 2 N–H and O–H groups in total. The van der Waals surface area contributed by atoms with Gasteiger partial charge >= 0.3 is 5.69 Å². The number of hydrogen-bond acceptors (Lipinski definition) is 8. The summed E-state index contributed by atoms with van der Waals surface area (Å²) in [5.41, 5.74) is 2.05. The van der Waals surface area contributed by atoms with Gasteiger partial charge in [0.05, 0.1) is 11.4 Å². The van der Waals surface area contributed by atoms with Crippen LogP contribution in [0.25, 0.3) is 5.69 Å². The summed E-state index contributed by atoms with van der Waals surface area (Å²) in [5.74, 6) is 1.46. The van der Waals surface area contributed by atoms with Gasteiger partial charge in [-0.3, -0.25) is 0 Å². The summed E-state index contributed by atoms with van der Waals surface area (Å²) in [6, 6.07) is 3.74. The predicted molar refractivity (Wildman–Crippen MR) is 139 cm³/mol. The number of benzene rings is 1. The van der Waals surface area contributed by atoms with Crippen molar-refractivity contribution in [2.45, 2.75) is 63.8 Å². The summed E-state index contributed by atoms with van der Waals surface area (Å²) in [6.45, 7) is 5.28. The second kappa shape index (κ2) is 9.85. The van der Waals surface area contributed by atoms with Gasteiger partial charge in [0.1, 0.15) is 11.6 Å². The molecule has 2 aromatic heterocycles. The number of aromatic nitrogens is 6. The molecular formula is C26H34FN9O. The molecule has 4 heterocycles. The third kappa shape index (κ3) is 4.84. The van der Waals surface area contributed by atoms with Gasteiger partial charge in [-0.05, 0) is 98.5 Å². The monoisotopic (exact) mass is 507 g/mol. The van der Waals surface area contributed by atoms with Crippen LogP contribution in [0.2, 0.25) is 0 Å². The summed E-state index contributed by atoms with van der Waals surface area (Å²) in [5, 5.41) is 14.4. The van der Waals surface area contributed by atoms with E-state index in [2.05, 4.69) is 35.9 Å². The van der Waals surface area contributed by atoms with Crippen LogP contribution >= 0.6 is 0 Å². The third-order valence-electron chi connectivity index (χ3n) is 8.06. The topological polar surface area (TPSA) is 106 Å². The Morgan fingerprint density at radius 2 is 1.92 bits per heavy atom. The normalized spacial score (nSPS) is 22.0. The van der Waals surface area contributed by atoms with E-state index in [9.17, 15) is 4.79 Å². The first-order valence-corrected chi connectivity index (χ1v) is 13.4. The van der Waals surface area contributed by atoms with E-state index in [1.165, 1.54) is 55.9 Å². The van der Waals surface area contributed by atoms with Crippen molar-refractivity contribution in [3.05, 3.63) is 45.8 Å². The number of aryl methyl sites for hydroxylation is 2. The molecule has 3 fully saturated rings. The molecule has 1 saturated carbocycles. The molecule has 11 heteroatoms. The third-order valence-corrected chi connectivity index (χ3v) is 8.06. The minimum absolute atomic E-state index is 0.192. The zero-order chi connectivity index (χ0) is 25.5. The molecule has 0 radical (unpaired) electrons. The van der Waals surface area contributed by atoms with E-state index in [0.717, 1.165) is 41.0 Å². The first-order chi connectivity index (χ1) is 18.0. The number of rotatable bonds is 7. The van der Waals surface area contributed by atoms with Crippen LogP contribution in [0, 0.1) is 18.7 Å². The maximum Gasteiger partial charge on any atom is 0.368 e. The van der Waals surface area contributed by atoms with Gasteiger partial charge in [-0.25, -0.2) is 14.2 Å². The van der Waals surface area contributed by atoms with Crippen molar-refractivity contribution in [2.24, 2.45) is 13.0 Å². The van der Waals surface area contributed by atoms with Crippen LogP contribution in [0.1, 0.15) is 62.0 Å². The van der Waals surface area contributed by atoms with Crippen molar-refractivity contribution >= 4 is 17.5 Å². The lowest BCUT2D eigenvalue weighted by molar-refractivity contribution is 0.0649. The number of nitrogens with zero attached hydrogens (tertiary/aromatic N) is 7. The molecule has 1 aromatic carbocycles. The van der Waals surface area contributed by atoms with Crippen molar-refractivity contribution in [1.29, 1.82) is 0 Å². The van der Waals surface area contributed by atoms with Gasteiger partial charge in [0, 0.05) is 31.4 Å². The standard InChI is InChI=1S/C26H34FN9O/c1-16-14-29-25(31-24(16)28-15-18-6-5-11-35-10-4-3-7-22(18)35)30-21-13-23(36-26(37)34(2)32-33-36)19(12-20(21)27)17-8-9-17/h12-14,17-18,22H,3-11,15H2,1-2H3,(H2,28,29,30,31)/t18-,22+/m0/s1. The van der Waals surface area contributed by atoms with E-state index in [-0.39, 0.29) is 17.3 Å². The number of fused-ring (bicyclic) bond motifs is 1. The largest absolute Gasteiger partial charge is 0.369 e. The Balaban J connectivity index is 1.23. The van der Waals surface area contributed by atoms with E-state index in [1.807, 2.05) is 6.92 Å². The fourth-order valence-corrected chi connectivity index (χ4v) is 5.89. The molecule has 196 valence electrons. The number of piperidine rings is 2. The van der Waals surface area contributed by atoms with E-state index in [4.69, 9.17) is 0 Å². The Bertz CT molecular complexity index is 1350. The number of nitrogens with one attached hydrogen (secondary N) is 2. The van der Waals surface area contributed by atoms with Crippen LogP contribution in [0.15, 0.2) is 23.1 Å². The Morgan fingerprint density at radius 3 is 2.70 bits per heavy atom. The SMILES string of the molecule is Cc1cnc(Nc2cc(-n3nnn(C)c3=O)c(C3CC3)cc2F)nc1NC[C@@H]1CCCN2CCCC[C@H]12. The van der Waals surface area contributed by atoms with Crippen LogP contribution in [-0.2, 0) is 7.05 Å². The lowest BCUT2D eigenvalue weighted by atomic mass is 9.83. The minimum Gasteiger partial charge on any atom is -0.369 e. The summed E-state index contributed by atoms with van der Waals surface area (Å²) < 4.78 is 17.6. The van der Waals surface area contributed by atoms with Gasteiger partial charge < -0.3 is 15.5 Å². The molecule has 2 aliphatic heterocycles. The molecule has 2 atom stereocenters. The summed E-state index contributed by atoms with van der Waals surface area (Å²) in [4.78, 5) is 24.3. The summed E-state index contributed by atoms with van der Waals surface area (Å²) in [6.07, 6.45) is 10.0. The molecule has 0 bridgehead atoms. The molecule has 0 amide bonds. The summed E-state index contributed by atoms with van der Waals surface area (Å²) in [7, 11) is 1.54. The van der Waals surface area contributed by atoms with Crippen LogP contribution in [-0.4, -0.2) is 60.3 Å². The van der Waals surface area contributed by atoms with Crippen molar-refractivity contribution in [3.63, 3.8) is 0 Å². The Morgan fingerprint density at radius 1 is 1.08 bits per heavy atom. The van der Waals surface area contributed by atoms with E-state index in [1.54, 1.807) is 19.3 Å². The van der Waals surface area contributed by atoms with Gasteiger partial charge in [0.25, 0.3) is 0 Å². The average molecular weight is 508 g/mol. The minimum atomic E-state index is -0.416. The number of tetrazole rings is 1. The lowest BCUT2D eigenvalue weighted by Gasteiger charge is -2.44. The van der Waals surface area contributed by atoms with Crippen molar-refractivity contribution < 1.29 is 4.39 Å². The maximum atomic E-state index is 15.2. The molecule has 37 heavy (non-hydrogen) atoms. The van der Waals surface area contributed by atoms with Crippen molar-refractivity contribution in [1.82, 2.24) is 34.7 Å². The predicted octanol–water partition coefficient (Wildman–Crippen LogP) is 3.50. The Hall–Kier alpha value is -3.34. The van der Waals surface area contributed by atoms with Crippen LogP contribution < -0.4 is 16.3 Å². The molecule has 2 saturated heterocycles. The highest BCUT2D eigenvalue weighted by molar-refractivity contribution is 5.63. The fourth-order valence-electron chi connectivity index (χ4n) is 5.89. The average Bonchev–Trinajstić information content (AvgIpc) is 3.70. The molecule has 0 spiro atoms. The molecule has 6 rings (SSSR count). The van der Waals surface area contributed by atoms with Gasteiger partial charge in [-0.1, -0.05) is 6.42 Å². The van der Waals surface area contributed by atoms with Crippen molar-refractivity contribution in [2.75, 3.05) is 30.3 Å². The first-order valence-electron chi connectivity index (χ1n) is 13.4. The van der Waals surface area contributed by atoms with E-state index in [0.29, 0.717) is 23.6 Å². The van der Waals surface area contributed by atoms with Gasteiger partial charge in [0.15, 0.2) is 0 Å². The van der Waals surface area contributed by atoms with Gasteiger partial charge in [0.2, 0.25) is 5.95 Å². The molecule has 0 unspecified atom stereocenters. The number of anilines is 3. The molecular weight excluding hydrogens is 473 g/mol. The number of hydrogen-bond donors (Lipinski definition) is 2. The molecule has 1 aliphatic carbocycles. The van der Waals surface area contributed by atoms with Crippen molar-refractivity contribution in [3.8, 4) is 5.69 Å². The second-order valence-electron chi connectivity index (χ2n) is 10.7. The van der Waals surface area contributed by atoms with Gasteiger partial charge in [-0.15, -0.1) is 0 Å². The quantitative estimate of drug-likeness (QED) is 0.501. The zero-order valence-electron chi connectivity index (χ0n) is 21.5.